The van der Waals surface area contributed by atoms with Crippen LogP contribution in [0.3, 0.4) is 0 Å². The Labute approximate surface area is 69.9 Å². The summed E-state index contributed by atoms with van der Waals surface area (Å²) in [7, 11) is 0. The molecule has 0 saturated carbocycles. The summed E-state index contributed by atoms with van der Waals surface area (Å²) in [5, 5.41) is 0. The van der Waals surface area contributed by atoms with Crippen LogP contribution in [0.5, 0.6) is 0 Å². The van der Waals surface area contributed by atoms with Crippen molar-refractivity contribution in [2.75, 3.05) is 13.1 Å². The van der Waals surface area contributed by atoms with Crippen LogP contribution < -0.4 is 0 Å². The van der Waals surface area contributed by atoms with Gasteiger partial charge in [0.1, 0.15) is 0 Å². The molecule has 0 aliphatic heterocycles. The molecule has 0 heterocycles. The Kier molecular flexibility index (Phi) is 11.4. The largest absolute Gasteiger partial charge is 0.316 e. The number of hydrogen-bond donors (Lipinski definition) is 0. The first-order valence-electron chi connectivity index (χ1n) is 2.22. The quantitative estimate of drug-likeness (QED) is 0.445. The number of hydrogen-bond acceptors (Lipinski definition) is 1. The van der Waals surface area contributed by atoms with Gasteiger partial charge in [-0.05, 0) is 0 Å². The Bertz CT molecular complexity index is 30.9. The second-order valence-corrected chi connectivity index (χ2v) is 2.10. The zero-order valence-electron chi connectivity index (χ0n) is 4.24. The second-order valence-electron chi connectivity index (χ2n) is 1.10. The highest BCUT2D eigenvalue weighted by atomic mass is 79.9. The summed E-state index contributed by atoms with van der Waals surface area (Å²) in [6, 6.07) is 0. The molecule has 0 aliphatic carbocycles. The molecular formula is C4H12BrMgN. The second kappa shape index (κ2) is 7.21. The fourth-order valence-corrected chi connectivity index (χ4v) is 0.224. The molecule has 0 fully saturated rings. The van der Waals surface area contributed by atoms with E-state index in [4.69, 9.17) is 0 Å². The Morgan fingerprint density at radius 2 is 1.57 bits per heavy atom. The molecule has 0 unspecified atom stereocenters. The maximum Gasteiger partial charge on any atom is 0.316 e. The minimum atomic E-state index is 0. The smallest absolute Gasteiger partial charge is 0.243 e. The summed E-state index contributed by atoms with van der Waals surface area (Å²) in [6.45, 7) is 6.38. The predicted octanol–water partition coefficient (Wildman–Crippen LogP) is 0.722. The minimum absolute atomic E-state index is 0. The van der Waals surface area contributed by atoms with Crippen molar-refractivity contribution in [1.82, 2.24) is 3.93 Å². The van der Waals surface area contributed by atoms with Gasteiger partial charge in [0.2, 0.25) is 0 Å². The van der Waals surface area contributed by atoms with E-state index in [2.05, 4.69) is 33.9 Å². The molecule has 0 atom stereocenters. The van der Waals surface area contributed by atoms with E-state index < -0.39 is 0 Å². The molecule has 0 rings (SSSR count). The molecule has 0 aliphatic rings. The maximum atomic E-state index is 3.31. The molecule has 0 saturated heterocycles. The van der Waals surface area contributed by atoms with Crippen LogP contribution in [-0.4, -0.2) is 40.1 Å². The van der Waals surface area contributed by atoms with Gasteiger partial charge < -0.3 is 0 Å². The monoisotopic (exact) mass is 177 g/mol. The third kappa shape index (κ3) is 7.21. The number of halogens is 1. The third-order valence-electron chi connectivity index (χ3n) is 0.686. The first-order chi connectivity index (χ1) is 2.81. The lowest BCUT2D eigenvalue weighted by atomic mass is 10.7. The van der Waals surface area contributed by atoms with E-state index >= 15 is 0 Å². The van der Waals surface area contributed by atoms with Crippen molar-refractivity contribution in [2.24, 2.45) is 0 Å². The van der Waals surface area contributed by atoms with Crippen LogP contribution in [0.4, 0.5) is 0 Å². The topological polar surface area (TPSA) is 3.24 Å². The van der Waals surface area contributed by atoms with Gasteiger partial charge in [-0.15, -0.1) is 0 Å². The van der Waals surface area contributed by atoms with Crippen LogP contribution in [0.1, 0.15) is 13.8 Å². The molecule has 0 aromatic heterocycles. The highest BCUT2D eigenvalue weighted by Crippen LogP contribution is 1.91. The van der Waals surface area contributed by atoms with E-state index in [1.54, 1.807) is 0 Å². The van der Waals surface area contributed by atoms with Crippen LogP contribution in [0.2, 0.25) is 0 Å². The van der Waals surface area contributed by atoms with Gasteiger partial charge in [-0.1, -0.05) is 13.8 Å². The van der Waals surface area contributed by atoms with Gasteiger partial charge in [-0.3, -0.25) is 0 Å². The predicted molar refractivity (Wildman–Crippen MR) is 40.4 cm³/mol. The summed E-state index contributed by atoms with van der Waals surface area (Å²) in [4.78, 5) is 0. The van der Waals surface area contributed by atoms with Gasteiger partial charge in [-0.25, -0.2) is 3.93 Å². The van der Waals surface area contributed by atoms with Gasteiger partial charge >= 0.3 is 23.1 Å². The van der Waals surface area contributed by atoms with E-state index in [9.17, 15) is 0 Å². The molecule has 0 aromatic rings. The van der Waals surface area contributed by atoms with Crippen LogP contribution >= 0.6 is 16.1 Å². The van der Waals surface area contributed by atoms with Gasteiger partial charge in [0.15, 0.2) is 0 Å². The fraction of sp³-hybridized carbons (Fsp3) is 1.00. The molecule has 42 valence electrons. The summed E-state index contributed by atoms with van der Waals surface area (Å²) in [5.74, 6) is 0. The highest BCUT2D eigenvalue weighted by molar-refractivity contribution is 9.07. The van der Waals surface area contributed by atoms with Crippen molar-refractivity contribution in [3.8, 4) is 0 Å². The van der Waals surface area contributed by atoms with Gasteiger partial charge in [-0.2, -0.15) is 0 Å². The number of rotatable bonds is 2. The van der Waals surface area contributed by atoms with Crippen molar-refractivity contribution < 1.29 is 0 Å². The first kappa shape index (κ1) is 11.1. The van der Waals surface area contributed by atoms with Crippen LogP contribution in [0.25, 0.3) is 0 Å². The van der Waals surface area contributed by atoms with Crippen molar-refractivity contribution in [1.29, 1.82) is 0 Å². The summed E-state index contributed by atoms with van der Waals surface area (Å²) >= 11 is 3.31. The summed E-state index contributed by atoms with van der Waals surface area (Å²) in [5.41, 5.74) is 0. The SMILES string of the molecule is CCN(Br)CC.[MgH2]. The lowest BCUT2D eigenvalue weighted by Crippen LogP contribution is -2.07. The summed E-state index contributed by atoms with van der Waals surface area (Å²) < 4.78 is 2.06. The Morgan fingerprint density at radius 3 is 1.57 bits per heavy atom. The molecule has 0 amide bonds. The molecule has 0 spiro atoms. The van der Waals surface area contributed by atoms with Crippen LogP contribution in [-0.2, 0) is 0 Å². The molecule has 0 bridgehead atoms. The molecule has 0 radical (unpaired) electrons. The van der Waals surface area contributed by atoms with Gasteiger partial charge in [0.25, 0.3) is 0 Å². The van der Waals surface area contributed by atoms with Crippen molar-refractivity contribution >= 4 is 39.2 Å². The van der Waals surface area contributed by atoms with Gasteiger partial charge in [0.05, 0.1) is 0 Å². The van der Waals surface area contributed by atoms with E-state index in [0.29, 0.717) is 0 Å². The molecule has 7 heavy (non-hydrogen) atoms. The number of nitrogens with zero attached hydrogens (tertiary/aromatic N) is 1. The molecular weight excluding hydrogens is 166 g/mol. The zero-order valence-corrected chi connectivity index (χ0v) is 5.83. The van der Waals surface area contributed by atoms with Crippen molar-refractivity contribution in [2.45, 2.75) is 13.8 Å². The normalized spacial score (nSPS) is 8.57. The van der Waals surface area contributed by atoms with Crippen molar-refractivity contribution in [3.05, 3.63) is 0 Å². The molecule has 1 nitrogen and oxygen atoms in total. The maximum absolute atomic E-state index is 3.31. The molecule has 0 aromatic carbocycles. The van der Waals surface area contributed by atoms with Crippen LogP contribution in [0.15, 0.2) is 0 Å². The van der Waals surface area contributed by atoms with E-state index in [-0.39, 0.29) is 23.1 Å². The Morgan fingerprint density at radius 1 is 1.29 bits per heavy atom. The Hall–Kier alpha value is 1.21. The molecule has 0 N–H and O–H groups in total. The fourth-order valence-electron chi connectivity index (χ4n) is 0.224. The molecule has 3 heteroatoms. The third-order valence-corrected chi connectivity index (χ3v) is 1.69. The lowest BCUT2D eigenvalue weighted by molar-refractivity contribution is 0.544. The highest BCUT2D eigenvalue weighted by Gasteiger charge is 1.84. The van der Waals surface area contributed by atoms with Gasteiger partial charge in [0, 0.05) is 29.2 Å². The van der Waals surface area contributed by atoms with E-state index in [1.165, 1.54) is 0 Å². The van der Waals surface area contributed by atoms with Crippen molar-refractivity contribution in [3.63, 3.8) is 0 Å². The Balaban J connectivity index is 0. The van der Waals surface area contributed by atoms with Crippen LogP contribution in [0, 0.1) is 0 Å². The average Bonchev–Trinajstić information content (AvgIpc) is 1.65. The standard InChI is InChI=1S/C4H10BrN.Mg.2H/c1-3-6(5)4-2;;;/h3-4H2,1-2H3;;;. The average molecular weight is 178 g/mol. The minimum Gasteiger partial charge on any atom is -0.243 e. The summed E-state index contributed by atoms with van der Waals surface area (Å²) in [6.07, 6.45) is 0. The zero-order chi connectivity index (χ0) is 4.99. The van der Waals surface area contributed by atoms with E-state index in [1.807, 2.05) is 0 Å². The van der Waals surface area contributed by atoms with E-state index in [0.717, 1.165) is 13.1 Å². The lowest BCUT2D eigenvalue weighted by Gasteiger charge is -2.03. The first-order valence-corrected chi connectivity index (χ1v) is 2.92.